The maximum Gasteiger partial charge on any atom is 0.277 e. The second kappa shape index (κ2) is 7.51. The molecular weight excluding hydrogens is 374 g/mol. The first-order chi connectivity index (χ1) is 12.3. The predicted octanol–water partition coefficient (Wildman–Crippen LogP) is 3.86. The van der Waals surface area contributed by atoms with Gasteiger partial charge in [0.15, 0.2) is 0 Å². The van der Waals surface area contributed by atoms with Gasteiger partial charge in [-0.15, -0.1) is 10.2 Å². The SMILES string of the molecule is Cc1nn(C)c(C)c1NC(=O)C(C)Sc1nnc(-c2cccc(Cl)c2)o1. The van der Waals surface area contributed by atoms with Crippen LogP contribution in [0.1, 0.15) is 18.3 Å². The van der Waals surface area contributed by atoms with Gasteiger partial charge in [0.25, 0.3) is 5.22 Å². The molecule has 136 valence electrons. The summed E-state index contributed by atoms with van der Waals surface area (Å²) in [5.74, 6) is 0.207. The molecule has 0 fully saturated rings. The van der Waals surface area contributed by atoms with Crippen molar-refractivity contribution in [2.24, 2.45) is 7.05 Å². The first kappa shape index (κ1) is 18.5. The Labute approximate surface area is 160 Å². The van der Waals surface area contributed by atoms with E-state index in [0.29, 0.717) is 16.1 Å². The first-order valence-electron chi connectivity index (χ1n) is 7.92. The van der Waals surface area contributed by atoms with Gasteiger partial charge in [0.2, 0.25) is 11.8 Å². The van der Waals surface area contributed by atoms with Crippen LogP contribution in [0, 0.1) is 13.8 Å². The van der Waals surface area contributed by atoms with Crippen LogP contribution in [0.3, 0.4) is 0 Å². The number of thioether (sulfide) groups is 1. The molecule has 26 heavy (non-hydrogen) atoms. The molecule has 1 aromatic carbocycles. The molecule has 0 bridgehead atoms. The molecule has 0 saturated heterocycles. The first-order valence-corrected chi connectivity index (χ1v) is 9.18. The lowest BCUT2D eigenvalue weighted by Crippen LogP contribution is -2.23. The normalized spacial score (nSPS) is 12.2. The number of amides is 1. The van der Waals surface area contributed by atoms with E-state index in [-0.39, 0.29) is 5.91 Å². The molecule has 1 amide bonds. The number of benzene rings is 1. The number of carbonyl (C=O) groups is 1. The lowest BCUT2D eigenvalue weighted by molar-refractivity contribution is -0.115. The molecule has 2 aromatic heterocycles. The van der Waals surface area contributed by atoms with Crippen molar-refractivity contribution in [2.75, 3.05) is 5.32 Å². The van der Waals surface area contributed by atoms with E-state index in [2.05, 4.69) is 20.6 Å². The van der Waals surface area contributed by atoms with Crippen molar-refractivity contribution in [3.63, 3.8) is 0 Å². The highest BCUT2D eigenvalue weighted by Gasteiger charge is 2.21. The van der Waals surface area contributed by atoms with Gasteiger partial charge in [-0.25, -0.2) is 0 Å². The van der Waals surface area contributed by atoms with Crippen LogP contribution in [-0.4, -0.2) is 31.1 Å². The number of hydrogen-bond donors (Lipinski definition) is 1. The summed E-state index contributed by atoms with van der Waals surface area (Å²) >= 11 is 7.17. The fourth-order valence-corrected chi connectivity index (χ4v) is 3.25. The Bertz CT molecular complexity index is 953. The van der Waals surface area contributed by atoms with Gasteiger partial charge in [-0.1, -0.05) is 29.4 Å². The van der Waals surface area contributed by atoms with Crippen molar-refractivity contribution in [1.82, 2.24) is 20.0 Å². The zero-order chi connectivity index (χ0) is 18.8. The number of nitrogens with one attached hydrogen (secondary N) is 1. The standard InChI is InChI=1S/C17H18ClN5O2S/c1-9-14(10(2)23(4)22-9)19-15(24)11(3)26-17-21-20-16(25-17)12-6-5-7-13(18)8-12/h5-8,11H,1-4H3,(H,19,24). The molecule has 3 rings (SSSR count). The van der Waals surface area contributed by atoms with E-state index in [0.717, 1.165) is 22.6 Å². The van der Waals surface area contributed by atoms with Crippen molar-refractivity contribution < 1.29 is 9.21 Å². The molecule has 1 atom stereocenters. The fourth-order valence-electron chi connectivity index (χ4n) is 2.38. The second-order valence-electron chi connectivity index (χ2n) is 5.80. The maximum atomic E-state index is 12.5. The number of aryl methyl sites for hydroxylation is 2. The Balaban J connectivity index is 1.68. The molecule has 0 aliphatic rings. The van der Waals surface area contributed by atoms with Crippen LogP contribution >= 0.6 is 23.4 Å². The van der Waals surface area contributed by atoms with E-state index in [1.165, 1.54) is 11.8 Å². The van der Waals surface area contributed by atoms with Crippen LogP contribution in [-0.2, 0) is 11.8 Å². The zero-order valence-corrected chi connectivity index (χ0v) is 16.4. The Morgan fingerprint density at radius 3 is 2.77 bits per heavy atom. The summed E-state index contributed by atoms with van der Waals surface area (Å²) in [6.45, 7) is 5.54. The van der Waals surface area contributed by atoms with E-state index in [1.54, 1.807) is 23.7 Å². The molecule has 0 saturated carbocycles. The second-order valence-corrected chi connectivity index (χ2v) is 7.53. The summed E-state index contributed by atoms with van der Waals surface area (Å²) in [5, 5.41) is 15.7. The molecule has 0 radical (unpaired) electrons. The quantitative estimate of drug-likeness (QED) is 0.664. The van der Waals surface area contributed by atoms with Gasteiger partial charge >= 0.3 is 0 Å². The minimum Gasteiger partial charge on any atom is -0.411 e. The third kappa shape index (κ3) is 3.91. The number of rotatable bonds is 5. The smallest absolute Gasteiger partial charge is 0.277 e. The minimum absolute atomic E-state index is 0.156. The van der Waals surface area contributed by atoms with Gasteiger partial charge in [0, 0.05) is 17.6 Å². The van der Waals surface area contributed by atoms with E-state index < -0.39 is 5.25 Å². The van der Waals surface area contributed by atoms with Gasteiger partial charge in [0.05, 0.1) is 22.3 Å². The summed E-state index contributed by atoms with van der Waals surface area (Å²) in [6, 6.07) is 7.15. The van der Waals surface area contributed by atoms with E-state index in [4.69, 9.17) is 16.0 Å². The van der Waals surface area contributed by atoms with Crippen LogP contribution < -0.4 is 5.32 Å². The summed E-state index contributed by atoms with van der Waals surface area (Å²) in [4.78, 5) is 12.5. The average molecular weight is 392 g/mol. The molecule has 1 N–H and O–H groups in total. The fraction of sp³-hybridized carbons (Fsp3) is 0.294. The summed E-state index contributed by atoms with van der Waals surface area (Å²) < 4.78 is 7.37. The highest BCUT2D eigenvalue weighted by molar-refractivity contribution is 8.00. The Hall–Kier alpha value is -2.32. The van der Waals surface area contributed by atoms with Crippen molar-refractivity contribution in [3.8, 4) is 11.5 Å². The van der Waals surface area contributed by atoms with Gasteiger partial charge in [-0.2, -0.15) is 5.10 Å². The molecule has 7 nitrogen and oxygen atoms in total. The van der Waals surface area contributed by atoms with E-state index in [1.807, 2.05) is 33.0 Å². The molecule has 9 heteroatoms. The third-order valence-corrected chi connectivity index (χ3v) is 5.05. The van der Waals surface area contributed by atoms with Crippen molar-refractivity contribution in [2.45, 2.75) is 31.2 Å². The maximum absolute atomic E-state index is 12.5. The zero-order valence-electron chi connectivity index (χ0n) is 14.8. The van der Waals surface area contributed by atoms with Crippen molar-refractivity contribution in [3.05, 3.63) is 40.7 Å². The predicted molar refractivity (Wildman–Crippen MR) is 101 cm³/mol. The average Bonchev–Trinajstić information content (AvgIpc) is 3.15. The number of aromatic nitrogens is 4. The molecule has 0 aliphatic carbocycles. The van der Waals surface area contributed by atoms with Crippen LogP contribution in [0.2, 0.25) is 5.02 Å². The van der Waals surface area contributed by atoms with Gasteiger partial charge in [-0.05, 0) is 39.0 Å². The lowest BCUT2D eigenvalue weighted by Gasteiger charge is -2.10. The number of anilines is 1. The monoisotopic (exact) mass is 391 g/mol. The lowest BCUT2D eigenvalue weighted by atomic mass is 10.2. The van der Waals surface area contributed by atoms with Crippen LogP contribution in [0.15, 0.2) is 33.9 Å². The van der Waals surface area contributed by atoms with E-state index in [9.17, 15) is 4.79 Å². The molecule has 0 spiro atoms. The largest absolute Gasteiger partial charge is 0.411 e. The number of hydrogen-bond acceptors (Lipinski definition) is 6. The summed E-state index contributed by atoms with van der Waals surface area (Å²) in [6.07, 6.45) is 0. The number of carbonyl (C=O) groups excluding carboxylic acids is 1. The minimum atomic E-state index is -0.415. The molecule has 0 aliphatic heterocycles. The highest BCUT2D eigenvalue weighted by Crippen LogP contribution is 2.28. The van der Waals surface area contributed by atoms with Crippen molar-refractivity contribution >= 4 is 35.0 Å². The van der Waals surface area contributed by atoms with Crippen LogP contribution in [0.5, 0.6) is 0 Å². The van der Waals surface area contributed by atoms with Gasteiger partial charge in [-0.3, -0.25) is 9.48 Å². The Morgan fingerprint density at radius 2 is 2.12 bits per heavy atom. The highest BCUT2D eigenvalue weighted by atomic mass is 35.5. The summed E-state index contributed by atoms with van der Waals surface area (Å²) in [7, 11) is 1.84. The molecule has 2 heterocycles. The van der Waals surface area contributed by atoms with Crippen LogP contribution in [0.25, 0.3) is 11.5 Å². The van der Waals surface area contributed by atoms with E-state index >= 15 is 0 Å². The molecular formula is C17H18ClN5O2S. The van der Waals surface area contributed by atoms with Crippen LogP contribution in [0.4, 0.5) is 5.69 Å². The summed E-state index contributed by atoms with van der Waals surface area (Å²) in [5.41, 5.74) is 3.14. The topological polar surface area (TPSA) is 85.8 Å². The van der Waals surface area contributed by atoms with Gasteiger partial charge in [0.1, 0.15) is 0 Å². The Kier molecular flexibility index (Phi) is 5.33. The molecule has 1 unspecified atom stereocenters. The number of nitrogens with zero attached hydrogens (tertiary/aromatic N) is 4. The Morgan fingerprint density at radius 1 is 1.35 bits per heavy atom. The number of halogens is 1. The van der Waals surface area contributed by atoms with Gasteiger partial charge < -0.3 is 9.73 Å². The third-order valence-electron chi connectivity index (χ3n) is 3.88. The molecule has 3 aromatic rings. The van der Waals surface area contributed by atoms with Crippen molar-refractivity contribution in [1.29, 1.82) is 0 Å².